The minimum atomic E-state index is 0.401. The Morgan fingerprint density at radius 1 is 1.25 bits per heavy atom. The van der Waals surface area contributed by atoms with Gasteiger partial charge in [0.05, 0.1) is 13.2 Å². The van der Waals surface area contributed by atoms with E-state index >= 15 is 0 Å². The smallest absolute Gasteiger partial charge is 0.0547 e. The highest BCUT2D eigenvalue weighted by molar-refractivity contribution is 5.02. The molecule has 0 bridgehead atoms. The van der Waals surface area contributed by atoms with Gasteiger partial charge in [0, 0.05) is 5.41 Å². The van der Waals surface area contributed by atoms with Crippen LogP contribution in [0.3, 0.4) is 0 Å². The highest BCUT2D eigenvalue weighted by Crippen LogP contribution is 2.54. The van der Waals surface area contributed by atoms with Crippen LogP contribution in [0.1, 0.15) is 32.6 Å². The lowest BCUT2D eigenvalue weighted by atomic mass is 9.62. The van der Waals surface area contributed by atoms with Crippen LogP contribution in [0, 0.1) is 10.8 Å². The molecule has 0 amide bonds. The molecule has 0 aromatic carbocycles. The van der Waals surface area contributed by atoms with E-state index < -0.39 is 0 Å². The minimum absolute atomic E-state index is 0.401. The number of nitrogens with two attached hydrogens (primary N) is 1. The highest BCUT2D eigenvalue weighted by atomic mass is 16.5. The number of rotatable bonds is 2. The van der Waals surface area contributed by atoms with Crippen molar-refractivity contribution in [1.29, 1.82) is 0 Å². The molecule has 2 aliphatic rings. The van der Waals surface area contributed by atoms with Crippen molar-refractivity contribution in [3.63, 3.8) is 0 Å². The molecule has 2 nitrogen and oxygen atoms in total. The van der Waals surface area contributed by atoms with Crippen molar-refractivity contribution in [2.75, 3.05) is 19.8 Å². The SMILES string of the molecule is CC1(C2(CN)CCCC2)COC1. The number of ether oxygens (including phenoxy) is 1. The average Bonchev–Trinajstić information content (AvgIpc) is 2.49. The van der Waals surface area contributed by atoms with Crippen molar-refractivity contribution in [3.05, 3.63) is 0 Å². The van der Waals surface area contributed by atoms with E-state index in [1.165, 1.54) is 25.7 Å². The quantitative estimate of drug-likeness (QED) is 0.680. The van der Waals surface area contributed by atoms with Crippen molar-refractivity contribution >= 4 is 0 Å². The Labute approximate surface area is 74.5 Å². The third kappa shape index (κ3) is 0.944. The second kappa shape index (κ2) is 2.71. The first-order chi connectivity index (χ1) is 5.72. The van der Waals surface area contributed by atoms with Crippen molar-refractivity contribution in [2.45, 2.75) is 32.6 Å². The van der Waals surface area contributed by atoms with Gasteiger partial charge in [-0.2, -0.15) is 0 Å². The van der Waals surface area contributed by atoms with Crippen LogP contribution in [0.2, 0.25) is 0 Å². The lowest BCUT2D eigenvalue weighted by Gasteiger charge is -2.51. The molecule has 0 radical (unpaired) electrons. The summed E-state index contributed by atoms with van der Waals surface area (Å²) in [7, 11) is 0. The highest BCUT2D eigenvalue weighted by Gasteiger charge is 2.52. The molecule has 0 unspecified atom stereocenters. The molecule has 1 saturated heterocycles. The molecule has 1 aliphatic heterocycles. The molecule has 0 atom stereocenters. The van der Waals surface area contributed by atoms with Crippen molar-refractivity contribution in [3.8, 4) is 0 Å². The maximum Gasteiger partial charge on any atom is 0.0547 e. The zero-order valence-electron chi connectivity index (χ0n) is 7.94. The van der Waals surface area contributed by atoms with Crippen LogP contribution >= 0.6 is 0 Å². The molecule has 2 rings (SSSR count). The van der Waals surface area contributed by atoms with Gasteiger partial charge in [0.15, 0.2) is 0 Å². The van der Waals surface area contributed by atoms with E-state index in [9.17, 15) is 0 Å². The summed E-state index contributed by atoms with van der Waals surface area (Å²) in [5.41, 5.74) is 6.73. The van der Waals surface area contributed by atoms with E-state index in [0.717, 1.165) is 19.8 Å². The summed E-state index contributed by atoms with van der Waals surface area (Å²) >= 11 is 0. The van der Waals surface area contributed by atoms with Crippen LogP contribution < -0.4 is 5.73 Å². The lowest BCUT2D eigenvalue weighted by Crippen LogP contribution is -2.55. The van der Waals surface area contributed by atoms with Gasteiger partial charge in [-0.05, 0) is 24.8 Å². The van der Waals surface area contributed by atoms with Crippen LogP contribution in [0.25, 0.3) is 0 Å². The molecule has 2 N–H and O–H groups in total. The van der Waals surface area contributed by atoms with Gasteiger partial charge in [0.25, 0.3) is 0 Å². The Morgan fingerprint density at radius 2 is 1.83 bits per heavy atom. The van der Waals surface area contributed by atoms with Gasteiger partial charge in [-0.1, -0.05) is 19.8 Å². The molecular weight excluding hydrogens is 150 g/mol. The summed E-state index contributed by atoms with van der Waals surface area (Å²) in [5.74, 6) is 0. The fraction of sp³-hybridized carbons (Fsp3) is 1.00. The molecule has 0 spiro atoms. The van der Waals surface area contributed by atoms with Gasteiger partial charge < -0.3 is 10.5 Å². The lowest BCUT2D eigenvalue weighted by molar-refractivity contribution is -0.170. The maximum atomic E-state index is 5.91. The number of hydrogen-bond donors (Lipinski definition) is 1. The van der Waals surface area contributed by atoms with Crippen LogP contribution in [0.4, 0.5) is 0 Å². The van der Waals surface area contributed by atoms with Crippen molar-refractivity contribution in [1.82, 2.24) is 0 Å². The molecule has 70 valence electrons. The van der Waals surface area contributed by atoms with E-state index in [1.807, 2.05) is 0 Å². The van der Waals surface area contributed by atoms with Gasteiger partial charge in [-0.3, -0.25) is 0 Å². The molecule has 1 heterocycles. The average molecular weight is 169 g/mol. The molecule has 1 aliphatic carbocycles. The van der Waals surface area contributed by atoms with Gasteiger partial charge in [0.1, 0.15) is 0 Å². The second-order valence-electron chi connectivity index (χ2n) is 4.75. The Hall–Kier alpha value is -0.0800. The van der Waals surface area contributed by atoms with Gasteiger partial charge in [-0.25, -0.2) is 0 Å². The zero-order chi connectivity index (χ0) is 8.66. The summed E-state index contributed by atoms with van der Waals surface area (Å²) in [5, 5.41) is 0. The first kappa shape index (κ1) is 8.52. The van der Waals surface area contributed by atoms with E-state index in [0.29, 0.717) is 10.8 Å². The van der Waals surface area contributed by atoms with E-state index in [-0.39, 0.29) is 0 Å². The topological polar surface area (TPSA) is 35.2 Å². The molecule has 1 saturated carbocycles. The second-order valence-corrected chi connectivity index (χ2v) is 4.75. The third-order valence-corrected chi connectivity index (χ3v) is 4.07. The van der Waals surface area contributed by atoms with Crippen LogP contribution in [-0.4, -0.2) is 19.8 Å². The Balaban J connectivity index is 2.15. The third-order valence-electron chi connectivity index (χ3n) is 4.07. The van der Waals surface area contributed by atoms with Crippen LogP contribution in [-0.2, 0) is 4.74 Å². The molecule has 12 heavy (non-hydrogen) atoms. The van der Waals surface area contributed by atoms with Gasteiger partial charge in [0.2, 0.25) is 0 Å². The first-order valence-corrected chi connectivity index (χ1v) is 5.00. The van der Waals surface area contributed by atoms with Crippen LogP contribution in [0.5, 0.6) is 0 Å². The van der Waals surface area contributed by atoms with E-state index in [1.54, 1.807) is 0 Å². The largest absolute Gasteiger partial charge is 0.380 e. The Bertz CT molecular complexity index is 169. The zero-order valence-corrected chi connectivity index (χ0v) is 7.94. The van der Waals surface area contributed by atoms with Gasteiger partial charge in [-0.15, -0.1) is 0 Å². The minimum Gasteiger partial charge on any atom is -0.380 e. The first-order valence-electron chi connectivity index (χ1n) is 5.00. The van der Waals surface area contributed by atoms with E-state index in [2.05, 4.69) is 6.92 Å². The summed E-state index contributed by atoms with van der Waals surface area (Å²) in [4.78, 5) is 0. The van der Waals surface area contributed by atoms with Crippen LogP contribution in [0.15, 0.2) is 0 Å². The normalized spacial score (nSPS) is 31.5. The molecule has 2 heteroatoms. The monoisotopic (exact) mass is 169 g/mol. The summed E-state index contributed by atoms with van der Waals surface area (Å²) < 4.78 is 5.32. The summed E-state index contributed by atoms with van der Waals surface area (Å²) in [6, 6.07) is 0. The summed E-state index contributed by atoms with van der Waals surface area (Å²) in [6.45, 7) is 5.07. The Morgan fingerprint density at radius 3 is 2.17 bits per heavy atom. The number of hydrogen-bond acceptors (Lipinski definition) is 2. The summed E-state index contributed by atoms with van der Waals surface area (Å²) in [6.07, 6.45) is 5.38. The molecule has 0 aromatic heterocycles. The predicted molar refractivity (Wildman–Crippen MR) is 48.9 cm³/mol. The molecule has 0 aromatic rings. The van der Waals surface area contributed by atoms with E-state index in [4.69, 9.17) is 10.5 Å². The predicted octanol–water partition coefficient (Wildman–Crippen LogP) is 1.54. The maximum absolute atomic E-state index is 5.91. The Kier molecular flexibility index (Phi) is 1.92. The van der Waals surface area contributed by atoms with Gasteiger partial charge >= 0.3 is 0 Å². The van der Waals surface area contributed by atoms with Crippen molar-refractivity contribution in [2.24, 2.45) is 16.6 Å². The fourth-order valence-corrected chi connectivity index (χ4v) is 2.82. The fourth-order valence-electron chi connectivity index (χ4n) is 2.82. The standard InChI is InChI=1S/C10H19NO/c1-9(7-12-8-9)10(6-11)4-2-3-5-10/h2-8,11H2,1H3. The molecular formula is C10H19NO. The van der Waals surface area contributed by atoms with Crippen molar-refractivity contribution < 1.29 is 4.74 Å². The molecule has 2 fully saturated rings.